The van der Waals surface area contributed by atoms with Crippen LogP contribution in [-0.2, 0) is 17.6 Å². The zero-order chi connectivity index (χ0) is 27.9. The lowest BCUT2D eigenvalue weighted by Crippen LogP contribution is -2.26. The number of thiophene rings is 2. The molecule has 1 aromatic carbocycles. The number of amides is 1. The van der Waals surface area contributed by atoms with Crippen molar-refractivity contribution in [3.05, 3.63) is 57.3 Å². The van der Waals surface area contributed by atoms with E-state index in [1.165, 1.54) is 22.7 Å². The van der Waals surface area contributed by atoms with Crippen LogP contribution in [-0.4, -0.2) is 30.6 Å². The highest BCUT2D eigenvalue weighted by Gasteiger charge is 2.35. The number of benzene rings is 1. The number of carbonyl (C=O) groups is 2. The van der Waals surface area contributed by atoms with E-state index in [4.69, 9.17) is 20.2 Å². The number of nitrogens with zero attached hydrogens (tertiary/aromatic N) is 1. The first-order valence-corrected chi connectivity index (χ1v) is 14.7. The van der Waals surface area contributed by atoms with Crippen LogP contribution in [0, 0.1) is 11.3 Å². The van der Waals surface area contributed by atoms with Gasteiger partial charge in [0.05, 0.1) is 30.7 Å². The Morgan fingerprint density at radius 1 is 1.13 bits per heavy atom. The molecule has 0 fully saturated rings. The number of rotatable bonds is 6. The van der Waals surface area contributed by atoms with Gasteiger partial charge in [-0.15, -0.1) is 22.7 Å². The molecule has 0 saturated carbocycles. The average Bonchev–Trinajstić information content (AvgIpc) is 3.44. The van der Waals surface area contributed by atoms with Gasteiger partial charge in [-0.25, -0.2) is 9.78 Å². The lowest BCUT2D eigenvalue weighted by molar-refractivity contribution is 0.0526. The Balaban J connectivity index is 1.46. The molecule has 1 amide bonds. The topological polar surface area (TPSA) is 104 Å². The molecule has 9 heteroatoms. The highest BCUT2D eigenvalue weighted by Crippen LogP contribution is 2.45. The van der Waals surface area contributed by atoms with Crippen molar-refractivity contribution in [3.8, 4) is 17.0 Å². The normalized spacial score (nSPS) is 15.2. The van der Waals surface area contributed by atoms with Crippen LogP contribution in [0.15, 0.2) is 36.4 Å². The summed E-state index contributed by atoms with van der Waals surface area (Å²) in [5.74, 6) is 0.532. The standard InChI is InChI=1S/C30H33N3O4S2/c1-6-37-29(35)23-19-12-9-17(30(2,3)4)15-22(19)38-28(23)33-26(34)25-24(31)20-13-14-21(32-27(20)39-25)16-7-10-18(36-5)11-8-16/h7-8,10-11,13-14,17H,6,9,12,15,31H2,1-5H3,(H,33,34). The van der Waals surface area contributed by atoms with Gasteiger partial charge in [0, 0.05) is 15.8 Å². The highest BCUT2D eigenvalue weighted by atomic mass is 32.1. The largest absolute Gasteiger partial charge is 0.497 e. The number of ether oxygens (including phenoxy) is 2. The zero-order valence-corrected chi connectivity index (χ0v) is 24.5. The molecule has 3 heterocycles. The van der Waals surface area contributed by atoms with Gasteiger partial charge in [0.25, 0.3) is 5.91 Å². The molecule has 5 rings (SSSR count). The van der Waals surface area contributed by atoms with E-state index in [1.54, 1.807) is 14.0 Å². The summed E-state index contributed by atoms with van der Waals surface area (Å²) in [4.78, 5) is 33.5. The van der Waals surface area contributed by atoms with Crippen LogP contribution in [0.3, 0.4) is 0 Å². The van der Waals surface area contributed by atoms with E-state index in [0.717, 1.165) is 52.1 Å². The van der Waals surface area contributed by atoms with Crippen LogP contribution in [0.1, 0.15) is 64.6 Å². The second-order valence-corrected chi connectivity index (χ2v) is 12.9. The maximum Gasteiger partial charge on any atom is 0.341 e. The summed E-state index contributed by atoms with van der Waals surface area (Å²) in [5, 5.41) is 4.26. The lowest BCUT2D eigenvalue weighted by atomic mass is 9.72. The molecule has 1 atom stereocenters. The molecule has 0 bridgehead atoms. The molecule has 0 radical (unpaired) electrons. The summed E-state index contributed by atoms with van der Waals surface area (Å²) in [6, 6.07) is 11.4. The van der Waals surface area contributed by atoms with Gasteiger partial charge >= 0.3 is 5.97 Å². The van der Waals surface area contributed by atoms with E-state index in [1.807, 2.05) is 36.4 Å². The number of carbonyl (C=O) groups excluding carboxylic acids is 2. The second kappa shape index (κ2) is 10.6. The quantitative estimate of drug-likeness (QED) is 0.241. The molecule has 3 N–H and O–H groups in total. The van der Waals surface area contributed by atoms with Gasteiger partial charge in [0.15, 0.2) is 0 Å². The minimum absolute atomic E-state index is 0.165. The van der Waals surface area contributed by atoms with Gasteiger partial charge in [0.1, 0.15) is 20.5 Å². The molecule has 4 aromatic rings. The number of fused-ring (bicyclic) bond motifs is 2. The van der Waals surface area contributed by atoms with E-state index in [2.05, 4.69) is 26.1 Å². The van der Waals surface area contributed by atoms with Crippen molar-refractivity contribution in [3.63, 3.8) is 0 Å². The number of hydrogen-bond acceptors (Lipinski definition) is 8. The highest BCUT2D eigenvalue weighted by molar-refractivity contribution is 7.21. The molecule has 3 aromatic heterocycles. The fourth-order valence-corrected chi connectivity index (χ4v) is 7.38. The molecule has 1 unspecified atom stereocenters. The fourth-order valence-electron chi connectivity index (χ4n) is 5.08. The molecule has 39 heavy (non-hydrogen) atoms. The maximum atomic E-state index is 13.5. The summed E-state index contributed by atoms with van der Waals surface area (Å²) in [5.41, 5.74) is 10.2. The smallest absolute Gasteiger partial charge is 0.341 e. The number of methoxy groups -OCH3 is 1. The number of nitrogens with one attached hydrogen (secondary N) is 1. The summed E-state index contributed by atoms with van der Waals surface area (Å²) in [6.07, 6.45) is 2.67. The fraction of sp³-hybridized carbons (Fsp3) is 0.367. The molecule has 0 spiro atoms. The predicted octanol–water partition coefficient (Wildman–Crippen LogP) is 7.20. The van der Waals surface area contributed by atoms with Crippen molar-refractivity contribution >= 4 is 55.5 Å². The van der Waals surface area contributed by atoms with Gasteiger partial charge in [-0.2, -0.15) is 0 Å². The van der Waals surface area contributed by atoms with Crippen molar-refractivity contribution < 1.29 is 19.1 Å². The van der Waals surface area contributed by atoms with Crippen molar-refractivity contribution in [2.45, 2.75) is 47.0 Å². The van der Waals surface area contributed by atoms with Crippen molar-refractivity contribution in [2.24, 2.45) is 11.3 Å². The minimum atomic E-state index is -0.394. The van der Waals surface area contributed by atoms with Gasteiger partial charge in [0.2, 0.25) is 0 Å². The third-order valence-electron chi connectivity index (χ3n) is 7.38. The van der Waals surface area contributed by atoms with Crippen molar-refractivity contribution in [1.82, 2.24) is 4.98 Å². The van der Waals surface area contributed by atoms with Gasteiger partial charge in [-0.05, 0) is 79.5 Å². The number of pyridine rings is 1. The Hall–Kier alpha value is -3.43. The van der Waals surface area contributed by atoms with Gasteiger partial charge < -0.3 is 20.5 Å². The van der Waals surface area contributed by atoms with E-state index in [-0.39, 0.29) is 17.9 Å². The summed E-state index contributed by atoms with van der Waals surface area (Å²) < 4.78 is 10.6. The molecule has 0 saturated heterocycles. The van der Waals surface area contributed by atoms with Gasteiger partial charge in [-0.3, -0.25) is 4.79 Å². The molecule has 1 aliphatic rings. The summed E-state index contributed by atoms with van der Waals surface area (Å²) in [6.45, 7) is 8.82. The molecular weight excluding hydrogens is 530 g/mol. The SMILES string of the molecule is CCOC(=O)c1c(NC(=O)c2sc3nc(-c4ccc(OC)cc4)ccc3c2N)sc2c1CCC(C(C)(C)C)C2. The number of esters is 1. The zero-order valence-electron chi connectivity index (χ0n) is 22.8. The van der Waals surface area contributed by atoms with E-state index in [0.29, 0.717) is 31.9 Å². The van der Waals surface area contributed by atoms with Crippen molar-refractivity contribution in [1.29, 1.82) is 0 Å². The third kappa shape index (κ3) is 5.25. The Morgan fingerprint density at radius 3 is 2.54 bits per heavy atom. The number of anilines is 2. The van der Waals surface area contributed by atoms with Crippen molar-refractivity contribution in [2.75, 3.05) is 24.8 Å². The van der Waals surface area contributed by atoms with Crippen LogP contribution in [0.5, 0.6) is 5.75 Å². The maximum absolute atomic E-state index is 13.5. The first-order chi connectivity index (χ1) is 18.6. The molecule has 0 aliphatic heterocycles. The first-order valence-electron chi connectivity index (χ1n) is 13.1. The van der Waals surface area contributed by atoms with Crippen LogP contribution < -0.4 is 15.8 Å². The molecule has 7 nitrogen and oxygen atoms in total. The van der Waals surface area contributed by atoms with E-state index >= 15 is 0 Å². The van der Waals surface area contributed by atoms with Crippen LogP contribution >= 0.6 is 22.7 Å². The summed E-state index contributed by atoms with van der Waals surface area (Å²) >= 11 is 2.73. The summed E-state index contributed by atoms with van der Waals surface area (Å²) in [7, 11) is 1.63. The Kier molecular flexibility index (Phi) is 7.39. The second-order valence-electron chi connectivity index (χ2n) is 10.8. The number of aromatic nitrogens is 1. The Bertz CT molecular complexity index is 1550. The Labute approximate surface area is 236 Å². The molecular formula is C30H33N3O4S2. The van der Waals surface area contributed by atoms with Crippen LogP contribution in [0.2, 0.25) is 0 Å². The molecule has 204 valence electrons. The van der Waals surface area contributed by atoms with Crippen LogP contribution in [0.4, 0.5) is 10.7 Å². The predicted molar refractivity (Wildman–Crippen MR) is 159 cm³/mol. The first kappa shape index (κ1) is 27.1. The minimum Gasteiger partial charge on any atom is -0.497 e. The number of nitrogen functional groups attached to an aromatic ring is 1. The van der Waals surface area contributed by atoms with E-state index < -0.39 is 5.97 Å². The van der Waals surface area contributed by atoms with E-state index in [9.17, 15) is 9.59 Å². The Morgan fingerprint density at radius 2 is 1.87 bits per heavy atom. The number of nitrogens with two attached hydrogens (primary N) is 1. The third-order valence-corrected chi connectivity index (χ3v) is 9.67. The molecule has 1 aliphatic carbocycles. The average molecular weight is 564 g/mol. The monoisotopic (exact) mass is 563 g/mol. The number of hydrogen-bond donors (Lipinski definition) is 2. The van der Waals surface area contributed by atoms with Gasteiger partial charge in [-0.1, -0.05) is 20.8 Å². The van der Waals surface area contributed by atoms with Crippen LogP contribution in [0.25, 0.3) is 21.5 Å². The lowest BCUT2D eigenvalue weighted by Gasteiger charge is -2.33.